The molecule has 0 bridgehead atoms. The molecule has 216 valence electrons. The molecule has 0 aliphatic heterocycles. The number of unbranched alkanes of at least 4 members (excludes halogenated alkanes) is 6. The lowest BCUT2D eigenvalue weighted by molar-refractivity contribution is 0.0696. The normalized spacial score (nSPS) is 10.7. The third-order valence-electron chi connectivity index (χ3n) is 5.57. The summed E-state index contributed by atoms with van der Waals surface area (Å²) in [5.41, 5.74) is 3.08. The van der Waals surface area contributed by atoms with Crippen LogP contribution in [0.1, 0.15) is 91.5 Å². The van der Waals surface area contributed by atoms with Gasteiger partial charge in [-0.2, -0.15) is 5.10 Å². The second-order valence-electron chi connectivity index (χ2n) is 8.81. The first-order valence-electron chi connectivity index (χ1n) is 13.3. The van der Waals surface area contributed by atoms with Crippen LogP contribution in [0.15, 0.2) is 47.6 Å². The topological polar surface area (TPSA) is 150 Å². The van der Waals surface area contributed by atoms with Gasteiger partial charge in [-0.3, -0.25) is 4.79 Å². The van der Waals surface area contributed by atoms with E-state index in [1.807, 2.05) is 0 Å². The highest BCUT2D eigenvalue weighted by Crippen LogP contribution is 2.29. The maximum Gasteiger partial charge on any atom is 0.513 e. The number of carbonyl (C=O) groups is 4. The fourth-order valence-electron chi connectivity index (χ4n) is 3.36. The monoisotopic (exact) mass is 556 g/mol. The number of carbonyl (C=O) groups excluding carboxylic acids is 3. The lowest BCUT2D eigenvalue weighted by Crippen LogP contribution is -2.19. The Labute approximate surface area is 233 Å². The van der Waals surface area contributed by atoms with Gasteiger partial charge >= 0.3 is 18.3 Å². The van der Waals surface area contributed by atoms with Gasteiger partial charge in [0.1, 0.15) is 0 Å². The molecule has 0 aliphatic rings. The zero-order valence-electron chi connectivity index (χ0n) is 22.9. The van der Waals surface area contributed by atoms with Crippen LogP contribution in [-0.4, -0.2) is 48.7 Å². The molecule has 0 unspecified atom stereocenters. The van der Waals surface area contributed by atoms with Crippen molar-refractivity contribution in [1.82, 2.24) is 5.43 Å². The van der Waals surface area contributed by atoms with Crippen molar-refractivity contribution in [3.8, 4) is 11.5 Å². The Kier molecular flexibility index (Phi) is 14.3. The Balaban J connectivity index is 2.07. The number of hydrogen-bond donors (Lipinski definition) is 2. The van der Waals surface area contributed by atoms with E-state index in [-0.39, 0.29) is 35.8 Å². The van der Waals surface area contributed by atoms with Gasteiger partial charge in [0, 0.05) is 5.56 Å². The second-order valence-corrected chi connectivity index (χ2v) is 8.81. The summed E-state index contributed by atoms with van der Waals surface area (Å²) in [4.78, 5) is 48.0. The van der Waals surface area contributed by atoms with E-state index in [2.05, 4.69) is 24.4 Å². The van der Waals surface area contributed by atoms with Gasteiger partial charge in [-0.05, 0) is 48.7 Å². The molecular weight excluding hydrogens is 520 g/mol. The number of amides is 1. The van der Waals surface area contributed by atoms with Gasteiger partial charge in [-0.25, -0.2) is 19.8 Å². The average Bonchev–Trinajstić information content (AvgIpc) is 2.94. The number of nitrogens with zero attached hydrogens (tertiary/aromatic N) is 1. The fraction of sp³-hybridized carbons (Fsp3) is 0.414. The third-order valence-corrected chi connectivity index (χ3v) is 5.57. The van der Waals surface area contributed by atoms with Crippen molar-refractivity contribution in [2.24, 2.45) is 5.10 Å². The molecule has 0 fully saturated rings. The minimum atomic E-state index is -1.05. The molecule has 2 aromatic carbocycles. The van der Waals surface area contributed by atoms with Gasteiger partial charge in [0.15, 0.2) is 11.5 Å². The number of carboxylic acids is 1. The number of rotatable bonds is 16. The number of ether oxygens (including phenoxy) is 4. The molecule has 0 aliphatic carbocycles. The molecule has 0 atom stereocenters. The third kappa shape index (κ3) is 12.0. The standard InChI is InChI=1S/C29H36N2O9/c1-3-5-7-9-17-37-28(35)39-24-16-15-23(19-25(24)40-29(36)38-18-10-8-6-4-2)26(32)31-30-20-21-11-13-22(14-12-21)27(33)34/h11-16,19-20H,3-10,17-18H2,1-2H3,(H,31,32)(H,33,34)/b30-20+. The van der Waals surface area contributed by atoms with Gasteiger partial charge in [0.2, 0.25) is 0 Å². The molecule has 0 saturated heterocycles. The summed E-state index contributed by atoms with van der Waals surface area (Å²) in [5.74, 6) is -2.02. The second kappa shape index (κ2) is 18.0. The molecule has 0 radical (unpaired) electrons. The zero-order chi connectivity index (χ0) is 29.2. The highest BCUT2D eigenvalue weighted by molar-refractivity contribution is 5.96. The molecule has 2 N–H and O–H groups in total. The number of nitrogens with one attached hydrogen (secondary N) is 1. The van der Waals surface area contributed by atoms with E-state index in [1.54, 1.807) is 0 Å². The average molecular weight is 557 g/mol. The largest absolute Gasteiger partial charge is 0.513 e. The van der Waals surface area contributed by atoms with Gasteiger partial charge < -0.3 is 24.1 Å². The van der Waals surface area contributed by atoms with E-state index in [9.17, 15) is 19.2 Å². The molecule has 11 heteroatoms. The van der Waals surface area contributed by atoms with E-state index < -0.39 is 24.2 Å². The Morgan fingerprint density at radius 1 is 0.750 bits per heavy atom. The molecule has 0 saturated carbocycles. The number of benzene rings is 2. The van der Waals surface area contributed by atoms with E-state index in [1.165, 1.54) is 48.7 Å². The SMILES string of the molecule is CCCCCCOC(=O)Oc1ccc(C(=O)N/N=C/c2ccc(C(=O)O)cc2)cc1OC(=O)OCCCCCC. The summed E-state index contributed by atoms with van der Waals surface area (Å²) < 4.78 is 20.6. The minimum Gasteiger partial charge on any atom is -0.478 e. The van der Waals surface area contributed by atoms with Crippen LogP contribution in [0.5, 0.6) is 11.5 Å². The summed E-state index contributed by atoms with van der Waals surface area (Å²) >= 11 is 0. The molecule has 2 rings (SSSR count). The number of carboxylic acid groups (broad SMARTS) is 1. The Hall–Kier alpha value is -4.41. The van der Waals surface area contributed by atoms with Crippen LogP contribution in [-0.2, 0) is 9.47 Å². The molecular formula is C29H36N2O9. The summed E-state index contributed by atoms with van der Waals surface area (Å²) in [5, 5.41) is 12.8. The predicted octanol–water partition coefficient (Wildman–Crippen LogP) is 6.34. The van der Waals surface area contributed by atoms with Crippen LogP contribution in [0.2, 0.25) is 0 Å². The van der Waals surface area contributed by atoms with Crippen molar-refractivity contribution in [2.45, 2.75) is 65.2 Å². The van der Waals surface area contributed by atoms with E-state index in [0.29, 0.717) is 18.4 Å². The van der Waals surface area contributed by atoms with E-state index >= 15 is 0 Å². The molecule has 0 heterocycles. The van der Waals surface area contributed by atoms with Crippen LogP contribution >= 0.6 is 0 Å². The Morgan fingerprint density at radius 3 is 1.85 bits per heavy atom. The molecule has 1 amide bonds. The van der Waals surface area contributed by atoms with Crippen molar-refractivity contribution < 1.29 is 43.2 Å². The van der Waals surface area contributed by atoms with E-state index in [0.717, 1.165) is 38.5 Å². The quantitative estimate of drug-likeness (QED) is 0.0793. The summed E-state index contributed by atoms with van der Waals surface area (Å²) in [6.45, 7) is 4.49. The predicted molar refractivity (Wildman–Crippen MR) is 147 cm³/mol. The van der Waals surface area contributed by atoms with Crippen LogP contribution in [0.3, 0.4) is 0 Å². The maximum absolute atomic E-state index is 12.6. The molecule has 2 aromatic rings. The van der Waals surface area contributed by atoms with Crippen LogP contribution < -0.4 is 14.9 Å². The molecule has 0 spiro atoms. The van der Waals surface area contributed by atoms with Crippen molar-refractivity contribution in [3.63, 3.8) is 0 Å². The van der Waals surface area contributed by atoms with E-state index in [4.69, 9.17) is 24.1 Å². The first-order valence-corrected chi connectivity index (χ1v) is 13.3. The Bertz CT molecular complexity index is 1150. The highest BCUT2D eigenvalue weighted by atomic mass is 16.7. The number of aromatic carboxylic acids is 1. The molecule has 0 aromatic heterocycles. The van der Waals surface area contributed by atoms with Gasteiger partial charge in [-0.15, -0.1) is 0 Å². The highest BCUT2D eigenvalue weighted by Gasteiger charge is 2.18. The summed E-state index contributed by atoms with van der Waals surface area (Å²) in [6, 6.07) is 9.77. The first kappa shape index (κ1) is 31.8. The van der Waals surface area contributed by atoms with Gasteiger partial charge in [0.05, 0.1) is 25.0 Å². The fourth-order valence-corrected chi connectivity index (χ4v) is 3.36. The summed E-state index contributed by atoms with van der Waals surface area (Å²) in [6.07, 6.45) is 6.69. The van der Waals surface area contributed by atoms with Crippen LogP contribution in [0.25, 0.3) is 0 Å². The van der Waals surface area contributed by atoms with Crippen molar-refractivity contribution in [1.29, 1.82) is 0 Å². The molecule has 40 heavy (non-hydrogen) atoms. The maximum atomic E-state index is 12.6. The van der Waals surface area contributed by atoms with Crippen molar-refractivity contribution >= 4 is 30.4 Å². The smallest absolute Gasteiger partial charge is 0.478 e. The number of hydrogen-bond acceptors (Lipinski definition) is 9. The lowest BCUT2D eigenvalue weighted by atomic mass is 10.1. The number of hydrazone groups is 1. The summed E-state index contributed by atoms with van der Waals surface area (Å²) in [7, 11) is 0. The Morgan fingerprint density at radius 2 is 1.30 bits per heavy atom. The van der Waals surface area contributed by atoms with Gasteiger partial charge in [-0.1, -0.05) is 64.5 Å². The van der Waals surface area contributed by atoms with Gasteiger partial charge in [0.25, 0.3) is 5.91 Å². The van der Waals surface area contributed by atoms with Crippen LogP contribution in [0.4, 0.5) is 9.59 Å². The van der Waals surface area contributed by atoms with Crippen molar-refractivity contribution in [2.75, 3.05) is 13.2 Å². The van der Waals surface area contributed by atoms with Crippen LogP contribution in [0, 0.1) is 0 Å². The lowest BCUT2D eigenvalue weighted by Gasteiger charge is -2.12. The first-order chi connectivity index (χ1) is 19.3. The molecule has 11 nitrogen and oxygen atoms in total. The zero-order valence-corrected chi connectivity index (χ0v) is 22.9. The van der Waals surface area contributed by atoms with Crippen molar-refractivity contribution in [3.05, 3.63) is 59.2 Å². The minimum absolute atomic E-state index is 0.0596.